The maximum atomic E-state index is 13.1. The first-order chi connectivity index (χ1) is 18.4. The maximum Gasteiger partial charge on any atom is 0.242 e. The quantitative estimate of drug-likeness (QED) is 0.178. The number of carbonyl (C=O) groups excluding carboxylic acids is 1. The van der Waals surface area contributed by atoms with Crippen LogP contribution in [0.5, 0.6) is 5.75 Å². The zero-order valence-electron chi connectivity index (χ0n) is 20.8. The molecule has 0 aliphatic heterocycles. The van der Waals surface area contributed by atoms with Crippen LogP contribution in [-0.2, 0) is 14.8 Å². The van der Waals surface area contributed by atoms with Crippen LogP contribution in [0, 0.1) is 19.3 Å². The number of sulfonamides is 1. The molecule has 0 aliphatic rings. The number of terminal acetylenes is 1. The molecule has 38 heavy (non-hydrogen) atoms. The Morgan fingerprint density at radius 1 is 1.00 bits per heavy atom. The monoisotopic (exact) mass is 525 g/mol. The lowest BCUT2D eigenvalue weighted by molar-refractivity contribution is -0.121. The third-order valence-corrected chi connectivity index (χ3v) is 7.33. The summed E-state index contributed by atoms with van der Waals surface area (Å²) in [6.45, 7) is 1.97. The number of aryl methyl sites for hydroxylation is 1. The summed E-state index contributed by atoms with van der Waals surface area (Å²) in [4.78, 5) is 13.0. The van der Waals surface area contributed by atoms with E-state index in [1.165, 1.54) is 18.3 Å². The fraction of sp³-hybridized carbons (Fsp3) is 0.133. The fourth-order valence-electron chi connectivity index (χ4n) is 3.94. The Kier molecular flexibility index (Phi) is 8.54. The zero-order valence-corrected chi connectivity index (χ0v) is 21.6. The van der Waals surface area contributed by atoms with Gasteiger partial charge in [0.15, 0.2) is 0 Å². The largest absolute Gasteiger partial charge is 0.480 e. The molecule has 1 amide bonds. The predicted molar refractivity (Wildman–Crippen MR) is 149 cm³/mol. The van der Waals surface area contributed by atoms with Gasteiger partial charge < -0.3 is 4.74 Å². The van der Waals surface area contributed by atoms with Crippen molar-refractivity contribution in [1.82, 2.24) is 10.1 Å². The SMILES string of the molecule is C#CCOc1ccc2ccccc2c1/C=N\NC(=O)C[C@@H](NS(=O)(=O)c1ccc(C)cc1)c1ccccc1. The summed E-state index contributed by atoms with van der Waals surface area (Å²) >= 11 is 0. The third kappa shape index (κ3) is 6.65. The number of nitrogens with zero attached hydrogens (tertiary/aromatic N) is 1. The van der Waals surface area contributed by atoms with Gasteiger partial charge in [0, 0.05) is 12.0 Å². The minimum absolute atomic E-state index is 0.0887. The Hall–Kier alpha value is -4.45. The summed E-state index contributed by atoms with van der Waals surface area (Å²) in [6.07, 6.45) is 6.68. The molecule has 2 N–H and O–H groups in total. The molecule has 1 atom stereocenters. The van der Waals surface area contributed by atoms with Crippen molar-refractivity contribution in [3.63, 3.8) is 0 Å². The van der Waals surface area contributed by atoms with E-state index in [0.29, 0.717) is 16.9 Å². The zero-order chi connectivity index (χ0) is 27.0. The highest BCUT2D eigenvalue weighted by Gasteiger charge is 2.23. The summed E-state index contributed by atoms with van der Waals surface area (Å²) in [5.74, 6) is 2.51. The molecule has 0 spiro atoms. The number of nitrogens with one attached hydrogen (secondary N) is 2. The van der Waals surface area contributed by atoms with Gasteiger partial charge in [0.1, 0.15) is 12.4 Å². The average Bonchev–Trinajstić information content (AvgIpc) is 2.92. The molecule has 4 aromatic carbocycles. The number of carbonyl (C=O) groups is 1. The van der Waals surface area contributed by atoms with Gasteiger partial charge in [0.2, 0.25) is 15.9 Å². The number of amides is 1. The Morgan fingerprint density at radius 2 is 1.71 bits per heavy atom. The van der Waals surface area contributed by atoms with Crippen molar-refractivity contribution in [3.05, 3.63) is 108 Å². The van der Waals surface area contributed by atoms with Crippen LogP contribution < -0.4 is 14.9 Å². The van der Waals surface area contributed by atoms with Gasteiger partial charge in [0.05, 0.1) is 17.2 Å². The summed E-state index contributed by atoms with van der Waals surface area (Å²) in [5, 5.41) is 6.00. The van der Waals surface area contributed by atoms with E-state index in [9.17, 15) is 13.2 Å². The van der Waals surface area contributed by atoms with Crippen LogP contribution in [0.4, 0.5) is 0 Å². The number of benzene rings is 4. The number of hydrazone groups is 1. The lowest BCUT2D eigenvalue weighted by Gasteiger charge is -2.18. The molecule has 0 radical (unpaired) electrons. The highest BCUT2D eigenvalue weighted by molar-refractivity contribution is 7.89. The van der Waals surface area contributed by atoms with Crippen molar-refractivity contribution in [2.24, 2.45) is 5.10 Å². The number of hydrogen-bond acceptors (Lipinski definition) is 5. The van der Waals surface area contributed by atoms with E-state index in [1.54, 1.807) is 42.5 Å². The normalized spacial score (nSPS) is 12.2. The first kappa shape index (κ1) is 26.6. The molecule has 0 unspecified atom stereocenters. The summed E-state index contributed by atoms with van der Waals surface area (Å²) in [6, 6.07) is 26.1. The molecule has 0 heterocycles. The van der Waals surface area contributed by atoms with Gasteiger partial charge in [0.25, 0.3) is 0 Å². The van der Waals surface area contributed by atoms with Crippen molar-refractivity contribution >= 4 is 32.9 Å². The van der Waals surface area contributed by atoms with Gasteiger partial charge in [-0.15, -0.1) is 6.42 Å². The molecule has 0 fully saturated rings. The molecule has 4 aromatic rings. The molecule has 7 nitrogen and oxygen atoms in total. The van der Waals surface area contributed by atoms with Crippen LogP contribution in [-0.4, -0.2) is 27.1 Å². The van der Waals surface area contributed by atoms with E-state index in [2.05, 4.69) is 21.2 Å². The van der Waals surface area contributed by atoms with Gasteiger partial charge in [-0.2, -0.15) is 5.10 Å². The van der Waals surface area contributed by atoms with E-state index in [0.717, 1.165) is 16.3 Å². The van der Waals surface area contributed by atoms with E-state index >= 15 is 0 Å². The average molecular weight is 526 g/mol. The highest BCUT2D eigenvalue weighted by Crippen LogP contribution is 2.27. The Labute approximate surface area is 222 Å². The second-order valence-electron chi connectivity index (χ2n) is 8.59. The summed E-state index contributed by atoms with van der Waals surface area (Å²) < 4.78 is 34.4. The molecule has 0 saturated carbocycles. The lowest BCUT2D eigenvalue weighted by atomic mass is 10.0. The number of ether oxygens (including phenoxy) is 1. The highest BCUT2D eigenvalue weighted by atomic mass is 32.2. The van der Waals surface area contributed by atoms with Crippen LogP contribution >= 0.6 is 0 Å². The van der Waals surface area contributed by atoms with Crippen LogP contribution in [0.2, 0.25) is 0 Å². The Morgan fingerprint density at radius 3 is 2.45 bits per heavy atom. The fourth-order valence-corrected chi connectivity index (χ4v) is 5.16. The van der Waals surface area contributed by atoms with Gasteiger partial charge in [-0.05, 0) is 41.5 Å². The second kappa shape index (κ2) is 12.2. The smallest absolute Gasteiger partial charge is 0.242 e. The van der Waals surface area contributed by atoms with Gasteiger partial charge in [-0.3, -0.25) is 4.79 Å². The summed E-state index contributed by atoms with van der Waals surface area (Å²) in [5.41, 5.74) is 4.78. The molecule has 8 heteroatoms. The number of hydrogen-bond donors (Lipinski definition) is 2. The van der Waals surface area contributed by atoms with Gasteiger partial charge >= 0.3 is 0 Å². The Balaban J connectivity index is 1.53. The van der Waals surface area contributed by atoms with E-state index in [1.807, 2.05) is 43.3 Å². The standard InChI is InChI=1S/C30H27N3O4S/c1-3-19-37-29-18-15-23-9-7-8-12-26(23)27(29)21-31-32-30(34)20-28(24-10-5-4-6-11-24)33-38(35,36)25-16-13-22(2)14-17-25/h1,4-18,21,28,33H,19-20H2,2H3,(H,32,34)/b31-21-/t28-/m1/s1. The minimum atomic E-state index is -3.87. The summed E-state index contributed by atoms with van der Waals surface area (Å²) in [7, 11) is -3.87. The lowest BCUT2D eigenvalue weighted by Crippen LogP contribution is -2.32. The predicted octanol–water partition coefficient (Wildman–Crippen LogP) is 4.72. The minimum Gasteiger partial charge on any atom is -0.480 e. The van der Waals surface area contributed by atoms with Crippen molar-refractivity contribution in [2.75, 3.05) is 6.61 Å². The molecule has 0 aromatic heterocycles. The molecule has 4 rings (SSSR count). The molecular formula is C30H27N3O4S. The molecule has 192 valence electrons. The van der Waals surface area contributed by atoms with E-state index in [-0.39, 0.29) is 17.9 Å². The van der Waals surface area contributed by atoms with Crippen molar-refractivity contribution in [3.8, 4) is 18.1 Å². The number of fused-ring (bicyclic) bond motifs is 1. The van der Waals surface area contributed by atoms with Crippen LogP contribution in [0.25, 0.3) is 10.8 Å². The van der Waals surface area contributed by atoms with Crippen molar-refractivity contribution in [1.29, 1.82) is 0 Å². The third-order valence-electron chi connectivity index (χ3n) is 5.84. The second-order valence-corrected chi connectivity index (χ2v) is 10.3. The first-order valence-corrected chi connectivity index (χ1v) is 13.4. The van der Waals surface area contributed by atoms with E-state index < -0.39 is 22.0 Å². The van der Waals surface area contributed by atoms with Crippen molar-refractivity contribution < 1.29 is 17.9 Å². The van der Waals surface area contributed by atoms with Gasteiger partial charge in [-0.25, -0.2) is 18.6 Å². The topological polar surface area (TPSA) is 96.9 Å². The maximum absolute atomic E-state index is 13.1. The van der Waals surface area contributed by atoms with Crippen LogP contribution in [0.3, 0.4) is 0 Å². The Bertz CT molecular complexity index is 1590. The first-order valence-electron chi connectivity index (χ1n) is 11.9. The molecule has 0 bridgehead atoms. The van der Waals surface area contributed by atoms with Crippen LogP contribution in [0.15, 0.2) is 101 Å². The molecule has 0 aliphatic carbocycles. The molecular weight excluding hydrogens is 498 g/mol. The molecule has 0 saturated heterocycles. The van der Waals surface area contributed by atoms with E-state index in [4.69, 9.17) is 11.2 Å². The van der Waals surface area contributed by atoms with Crippen molar-refractivity contribution in [2.45, 2.75) is 24.3 Å². The number of rotatable bonds is 10. The van der Waals surface area contributed by atoms with Gasteiger partial charge in [-0.1, -0.05) is 84.3 Å². The van der Waals surface area contributed by atoms with Crippen LogP contribution in [0.1, 0.15) is 29.2 Å².